The van der Waals surface area contributed by atoms with Crippen molar-refractivity contribution in [3.63, 3.8) is 0 Å². The lowest BCUT2D eigenvalue weighted by molar-refractivity contribution is -0.375. The number of hydrogen-bond donors (Lipinski definition) is 0. The Kier molecular flexibility index (Phi) is 6.70. The monoisotopic (exact) mass is 390 g/mol. The molecule has 0 heterocycles. The number of rotatable bonds is 6. The van der Waals surface area contributed by atoms with Crippen LogP contribution in [0.2, 0.25) is 0 Å². The van der Waals surface area contributed by atoms with Crippen molar-refractivity contribution in [1.82, 2.24) is 0 Å². The van der Waals surface area contributed by atoms with Crippen LogP contribution < -0.4 is 0 Å². The van der Waals surface area contributed by atoms with Gasteiger partial charge < -0.3 is 0 Å². The molecular formula is C12H9F11N2. The minimum atomic E-state index is -6.50. The maximum Gasteiger partial charge on any atom is 0.408 e. The molecule has 0 aliphatic rings. The van der Waals surface area contributed by atoms with E-state index in [0.717, 1.165) is 12.1 Å². The van der Waals surface area contributed by atoms with E-state index < -0.39 is 61.5 Å². The van der Waals surface area contributed by atoms with Crippen LogP contribution in [0, 0.1) is 33.5 Å². The molecule has 144 valence electrons. The third-order valence-electron chi connectivity index (χ3n) is 3.59. The highest BCUT2D eigenvalue weighted by Crippen LogP contribution is 2.58. The lowest BCUT2D eigenvalue weighted by Crippen LogP contribution is -2.55. The van der Waals surface area contributed by atoms with Crippen LogP contribution >= 0.6 is 0 Å². The Morgan fingerprint density at radius 3 is 1.24 bits per heavy atom. The second-order valence-corrected chi connectivity index (χ2v) is 5.19. The second-order valence-electron chi connectivity index (χ2n) is 5.19. The molecule has 0 bridgehead atoms. The van der Waals surface area contributed by atoms with Crippen LogP contribution in [-0.4, -0.2) is 25.0 Å². The van der Waals surface area contributed by atoms with E-state index in [9.17, 15) is 48.3 Å². The standard InChI is InChI=1S/C12H9F11N2/c13-7(14)9(11(18,19)20,12(21,22)23)3-1-8(5-24,6-25)2-4-10(15,16)17/h7H,1-4H2. The van der Waals surface area contributed by atoms with Crippen molar-refractivity contribution in [3.05, 3.63) is 0 Å². The Morgan fingerprint density at radius 2 is 1.00 bits per heavy atom. The number of hydrogen-bond acceptors (Lipinski definition) is 2. The summed E-state index contributed by atoms with van der Waals surface area (Å²) in [6.07, 6.45) is -30.5. The van der Waals surface area contributed by atoms with Crippen molar-refractivity contribution in [2.75, 3.05) is 0 Å². The Morgan fingerprint density at radius 1 is 0.640 bits per heavy atom. The van der Waals surface area contributed by atoms with Crippen LogP contribution in [0.15, 0.2) is 0 Å². The fraction of sp³-hybridized carbons (Fsp3) is 0.833. The molecule has 0 saturated carbocycles. The van der Waals surface area contributed by atoms with E-state index in [2.05, 4.69) is 0 Å². The predicted molar refractivity (Wildman–Crippen MR) is 58.7 cm³/mol. The molecule has 13 heteroatoms. The first-order chi connectivity index (χ1) is 11.0. The van der Waals surface area contributed by atoms with Crippen LogP contribution in [0.1, 0.15) is 25.7 Å². The Labute approximate surface area is 133 Å². The zero-order valence-electron chi connectivity index (χ0n) is 12.0. The summed E-state index contributed by atoms with van der Waals surface area (Å²) >= 11 is 0. The van der Waals surface area contributed by atoms with Gasteiger partial charge in [0.2, 0.25) is 5.41 Å². The Hall–Kier alpha value is -1.79. The van der Waals surface area contributed by atoms with Gasteiger partial charge in [0.25, 0.3) is 6.43 Å². The van der Waals surface area contributed by atoms with Gasteiger partial charge in [-0.15, -0.1) is 0 Å². The predicted octanol–water partition coefficient (Wildman–Crippen LogP) is 5.52. The molecule has 0 rings (SSSR count). The maximum atomic E-state index is 12.7. The molecular weight excluding hydrogens is 381 g/mol. The molecule has 0 aliphatic carbocycles. The Balaban J connectivity index is 5.80. The van der Waals surface area contributed by atoms with Gasteiger partial charge in [0, 0.05) is 6.42 Å². The van der Waals surface area contributed by atoms with Crippen LogP contribution in [0.4, 0.5) is 48.3 Å². The summed E-state index contributed by atoms with van der Waals surface area (Å²) in [7, 11) is 0. The highest BCUT2D eigenvalue weighted by Gasteiger charge is 2.75. The molecule has 25 heavy (non-hydrogen) atoms. The number of alkyl halides is 11. The zero-order valence-corrected chi connectivity index (χ0v) is 12.0. The molecule has 0 aromatic heterocycles. The quantitative estimate of drug-likeness (QED) is 0.561. The first-order valence-corrected chi connectivity index (χ1v) is 6.29. The first kappa shape index (κ1) is 23.2. The SMILES string of the molecule is N#CC(C#N)(CCC(F)(F)F)CCC(C(F)F)(C(F)(F)F)C(F)(F)F. The van der Waals surface area contributed by atoms with E-state index in [0.29, 0.717) is 0 Å². The normalized spacial score (nSPS) is 14.3. The van der Waals surface area contributed by atoms with E-state index in [4.69, 9.17) is 10.5 Å². The van der Waals surface area contributed by atoms with Crippen molar-refractivity contribution in [1.29, 1.82) is 10.5 Å². The fourth-order valence-electron chi connectivity index (χ4n) is 1.94. The van der Waals surface area contributed by atoms with Crippen molar-refractivity contribution in [2.45, 2.75) is 50.6 Å². The summed E-state index contributed by atoms with van der Waals surface area (Å²) in [6, 6.07) is 1.82. The molecule has 0 radical (unpaired) electrons. The lowest BCUT2D eigenvalue weighted by Gasteiger charge is -2.37. The minimum Gasteiger partial charge on any atom is -0.209 e. The molecule has 0 aromatic rings. The van der Waals surface area contributed by atoms with Crippen molar-refractivity contribution < 1.29 is 48.3 Å². The van der Waals surface area contributed by atoms with Gasteiger partial charge in [0.1, 0.15) is 5.41 Å². The summed E-state index contributed by atoms with van der Waals surface area (Å²) in [5.74, 6) is 0. The molecule has 0 spiro atoms. The maximum absolute atomic E-state index is 12.7. The average molecular weight is 390 g/mol. The van der Waals surface area contributed by atoms with Crippen LogP contribution in [0.5, 0.6) is 0 Å². The summed E-state index contributed by atoms with van der Waals surface area (Å²) in [4.78, 5) is 0. The third kappa shape index (κ3) is 5.09. The van der Waals surface area contributed by atoms with Gasteiger partial charge in [-0.2, -0.15) is 50.0 Å². The fourth-order valence-corrected chi connectivity index (χ4v) is 1.94. The molecule has 0 unspecified atom stereocenters. The van der Waals surface area contributed by atoms with Gasteiger partial charge in [-0.25, -0.2) is 8.78 Å². The van der Waals surface area contributed by atoms with Gasteiger partial charge in [-0.3, -0.25) is 0 Å². The molecule has 0 N–H and O–H groups in total. The number of halogens is 11. The summed E-state index contributed by atoms with van der Waals surface area (Å²) < 4.78 is 138. The summed E-state index contributed by atoms with van der Waals surface area (Å²) in [6.45, 7) is 0. The van der Waals surface area contributed by atoms with Gasteiger partial charge in [-0.1, -0.05) is 0 Å². The molecule has 0 amide bonds. The van der Waals surface area contributed by atoms with Gasteiger partial charge in [0.05, 0.1) is 12.1 Å². The lowest BCUT2D eigenvalue weighted by atomic mass is 9.73. The van der Waals surface area contributed by atoms with Crippen LogP contribution in [0.25, 0.3) is 0 Å². The third-order valence-corrected chi connectivity index (χ3v) is 3.59. The average Bonchev–Trinajstić information content (AvgIpc) is 2.38. The van der Waals surface area contributed by atoms with E-state index in [1.54, 1.807) is 0 Å². The topological polar surface area (TPSA) is 47.6 Å². The van der Waals surface area contributed by atoms with E-state index in [1.165, 1.54) is 0 Å². The van der Waals surface area contributed by atoms with Gasteiger partial charge in [0.15, 0.2) is 0 Å². The Bertz CT molecular complexity index is 502. The number of nitrogens with zero attached hydrogens (tertiary/aromatic N) is 2. The van der Waals surface area contributed by atoms with Gasteiger partial charge in [-0.05, 0) is 19.3 Å². The molecule has 0 aromatic carbocycles. The highest BCUT2D eigenvalue weighted by atomic mass is 19.4. The second kappa shape index (κ2) is 7.22. The number of nitriles is 2. The zero-order chi connectivity index (χ0) is 20.3. The molecule has 0 fully saturated rings. The van der Waals surface area contributed by atoms with Gasteiger partial charge >= 0.3 is 18.5 Å². The highest BCUT2D eigenvalue weighted by molar-refractivity contribution is 5.14. The summed E-state index contributed by atoms with van der Waals surface area (Å²) in [5, 5.41) is 17.4. The smallest absolute Gasteiger partial charge is 0.209 e. The molecule has 0 aliphatic heterocycles. The van der Waals surface area contributed by atoms with Crippen molar-refractivity contribution >= 4 is 0 Å². The molecule has 0 saturated heterocycles. The van der Waals surface area contributed by atoms with Crippen molar-refractivity contribution in [2.24, 2.45) is 10.8 Å². The summed E-state index contributed by atoms with van der Waals surface area (Å²) in [5.41, 5.74) is -8.48. The largest absolute Gasteiger partial charge is 0.408 e. The van der Waals surface area contributed by atoms with Crippen LogP contribution in [0.3, 0.4) is 0 Å². The minimum absolute atomic E-state index is 0.912. The molecule has 0 atom stereocenters. The van der Waals surface area contributed by atoms with Crippen LogP contribution in [-0.2, 0) is 0 Å². The van der Waals surface area contributed by atoms with E-state index >= 15 is 0 Å². The molecule has 2 nitrogen and oxygen atoms in total. The van der Waals surface area contributed by atoms with Crippen molar-refractivity contribution in [3.8, 4) is 12.1 Å². The van der Waals surface area contributed by atoms with E-state index in [-0.39, 0.29) is 0 Å². The van der Waals surface area contributed by atoms with E-state index in [1.807, 2.05) is 0 Å². The first-order valence-electron chi connectivity index (χ1n) is 6.29.